The molecule has 0 spiro atoms. The fraction of sp³-hybridized carbons (Fsp3) is 0.357. The Morgan fingerprint density at radius 3 is 2.68 bits per heavy atom. The van der Waals surface area contributed by atoms with Crippen LogP contribution in [0.25, 0.3) is 0 Å². The van der Waals surface area contributed by atoms with Crippen LogP contribution in [0.3, 0.4) is 0 Å². The molecule has 0 aromatic carbocycles. The van der Waals surface area contributed by atoms with Crippen LogP contribution in [-0.2, 0) is 0 Å². The van der Waals surface area contributed by atoms with E-state index in [1.54, 1.807) is 18.4 Å². The van der Waals surface area contributed by atoms with Crippen molar-refractivity contribution in [2.24, 2.45) is 0 Å². The maximum atomic E-state index is 11.9. The minimum atomic E-state index is -0.216. The summed E-state index contributed by atoms with van der Waals surface area (Å²) >= 11 is 0. The number of rotatable bonds is 5. The molecule has 0 aliphatic carbocycles. The average Bonchev–Trinajstić information content (AvgIpc) is 3.00. The minimum absolute atomic E-state index is 0.00462. The highest BCUT2D eigenvalue weighted by molar-refractivity contribution is 5.91. The predicted octanol–water partition coefficient (Wildman–Crippen LogP) is 2.21. The van der Waals surface area contributed by atoms with Gasteiger partial charge in [0, 0.05) is 6.54 Å². The van der Waals surface area contributed by atoms with Crippen molar-refractivity contribution in [3.8, 4) is 0 Å². The van der Waals surface area contributed by atoms with Gasteiger partial charge in [-0.25, -0.2) is 0 Å². The standard InChI is InChI=1S/C14H18N2O3/c1-10-6-7-13(19-10)14(17)15-9-11(16(2)3)12-5-4-8-18-12/h4-8,11H,9H2,1-3H3,(H,15,17)/t11-/m0/s1. The molecule has 0 fully saturated rings. The molecule has 0 bridgehead atoms. The van der Waals surface area contributed by atoms with Crippen LogP contribution in [-0.4, -0.2) is 31.4 Å². The lowest BCUT2D eigenvalue weighted by molar-refractivity contribution is 0.0910. The molecule has 5 nitrogen and oxygen atoms in total. The van der Waals surface area contributed by atoms with Crippen molar-refractivity contribution in [1.29, 1.82) is 0 Å². The smallest absolute Gasteiger partial charge is 0.287 e. The molecule has 2 aromatic heterocycles. The molecule has 0 aliphatic heterocycles. The number of carbonyl (C=O) groups excluding carboxylic acids is 1. The fourth-order valence-electron chi connectivity index (χ4n) is 1.85. The summed E-state index contributed by atoms with van der Waals surface area (Å²) in [7, 11) is 3.88. The molecule has 1 amide bonds. The number of hydrogen-bond acceptors (Lipinski definition) is 4. The van der Waals surface area contributed by atoms with Gasteiger partial charge < -0.3 is 14.2 Å². The Bertz CT molecular complexity index is 529. The third-order valence-electron chi connectivity index (χ3n) is 2.92. The van der Waals surface area contributed by atoms with Crippen molar-refractivity contribution in [1.82, 2.24) is 10.2 Å². The summed E-state index contributed by atoms with van der Waals surface area (Å²) in [6.07, 6.45) is 1.63. The Hall–Kier alpha value is -2.01. The second kappa shape index (κ2) is 5.75. The Balaban J connectivity index is 1.98. The second-order valence-corrected chi connectivity index (χ2v) is 4.62. The van der Waals surface area contributed by atoms with Crippen molar-refractivity contribution < 1.29 is 13.6 Å². The Kier molecular flexibility index (Phi) is 4.06. The van der Waals surface area contributed by atoms with Gasteiger partial charge in [-0.3, -0.25) is 9.69 Å². The van der Waals surface area contributed by atoms with E-state index in [1.807, 2.05) is 38.1 Å². The van der Waals surface area contributed by atoms with Crippen molar-refractivity contribution in [2.45, 2.75) is 13.0 Å². The van der Waals surface area contributed by atoms with E-state index in [-0.39, 0.29) is 11.9 Å². The van der Waals surface area contributed by atoms with E-state index < -0.39 is 0 Å². The van der Waals surface area contributed by atoms with Gasteiger partial charge in [0.15, 0.2) is 5.76 Å². The van der Waals surface area contributed by atoms with E-state index in [2.05, 4.69) is 5.32 Å². The molecule has 0 aliphatic rings. The van der Waals surface area contributed by atoms with Gasteiger partial charge in [-0.1, -0.05) is 0 Å². The van der Waals surface area contributed by atoms with Gasteiger partial charge >= 0.3 is 0 Å². The largest absolute Gasteiger partial charge is 0.468 e. The van der Waals surface area contributed by atoms with E-state index in [4.69, 9.17) is 8.83 Å². The van der Waals surface area contributed by atoms with Gasteiger partial charge in [0.05, 0.1) is 12.3 Å². The van der Waals surface area contributed by atoms with Gasteiger partial charge in [0.1, 0.15) is 11.5 Å². The number of hydrogen-bond donors (Lipinski definition) is 1. The van der Waals surface area contributed by atoms with E-state index in [9.17, 15) is 4.79 Å². The maximum Gasteiger partial charge on any atom is 0.287 e. The number of carbonyl (C=O) groups is 1. The van der Waals surface area contributed by atoms with Crippen molar-refractivity contribution in [2.75, 3.05) is 20.6 Å². The molecule has 2 heterocycles. The van der Waals surface area contributed by atoms with Crippen molar-refractivity contribution in [3.63, 3.8) is 0 Å². The van der Waals surface area contributed by atoms with Crippen LogP contribution in [0.4, 0.5) is 0 Å². The Labute approximate surface area is 112 Å². The predicted molar refractivity (Wildman–Crippen MR) is 70.9 cm³/mol. The molecule has 2 rings (SSSR count). The summed E-state index contributed by atoms with van der Waals surface area (Å²) in [5, 5.41) is 2.85. The van der Waals surface area contributed by atoms with Crippen LogP contribution in [0.15, 0.2) is 39.4 Å². The maximum absolute atomic E-state index is 11.9. The topological polar surface area (TPSA) is 58.6 Å². The molecule has 1 atom stereocenters. The number of nitrogens with one attached hydrogen (secondary N) is 1. The van der Waals surface area contributed by atoms with Gasteiger partial charge in [-0.2, -0.15) is 0 Å². The van der Waals surface area contributed by atoms with Gasteiger partial charge in [0.25, 0.3) is 5.91 Å². The highest BCUT2D eigenvalue weighted by atomic mass is 16.3. The zero-order chi connectivity index (χ0) is 13.8. The summed E-state index contributed by atoms with van der Waals surface area (Å²) in [6, 6.07) is 7.17. The monoisotopic (exact) mass is 262 g/mol. The van der Waals surface area contributed by atoms with E-state index in [1.165, 1.54) is 0 Å². The first-order valence-corrected chi connectivity index (χ1v) is 6.12. The lowest BCUT2D eigenvalue weighted by Gasteiger charge is -2.22. The molecule has 0 saturated heterocycles. The van der Waals surface area contributed by atoms with Gasteiger partial charge in [-0.15, -0.1) is 0 Å². The average molecular weight is 262 g/mol. The lowest BCUT2D eigenvalue weighted by Crippen LogP contribution is -2.34. The summed E-state index contributed by atoms with van der Waals surface area (Å²) in [6.45, 7) is 2.27. The van der Waals surface area contributed by atoms with Crippen molar-refractivity contribution >= 4 is 5.91 Å². The minimum Gasteiger partial charge on any atom is -0.468 e. The molecule has 102 valence electrons. The van der Waals surface area contributed by atoms with E-state index in [0.29, 0.717) is 12.3 Å². The zero-order valence-corrected chi connectivity index (χ0v) is 11.3. The molecule has 5 heteroatoms. The van der Waals surface area contributed by atoms with E-state index >= 15 is 0 Å². The van der Waals surface area contributed by atoms with Crippen LogP contribution in [0.2, 0.25) is 0 Å². The molecular formula is C14H18N2O3. The first kappa shape index (κ1) is 13.4. The van der Waals surface area contributed by atoms with Crippen molar-refractivity contribution in [3.05, 3.63) is 47.8 Å². The Morgan fingerprint density at radius 2 is 2.16 bits per heavy atom. The summed E-state index contributed by atoms with van der Waals surface area (Å²) < 4.78 is 10.7. The highest BCUT2D eigenvalue weighted by Gasteiger charge is 2.19. The second-order valence-electron chi connectivity index (χ2n) is 4.62. The fourth-order valence-corrected chi connectivity index (χ4v) is 1.85. The normalized spacial score (nSPS) is 12.6. The van der Waals surface area contributed by atoms with Gasteiger partial charge in [-0.05, 0) is 45.3 Å². The molecule has 19 heavy (non-hydrogen) atoms. The molecule has 1 N–H and O–H groups in total. The van der Waals surface area contributed by atoms with Crippen LogP contribution in [0, 0.1) is 6.92 Å². The highest BCUT2D eigenvalue weighted by Crippen LogP contribution is 2.17. The summed E-state index contributed by atoms with van der Waals surface area (Å²) in [4.78, 5) is 13.9. The first-order chi connectivity index (χ1) is 9.08. The van der Waals surface area contributed by atoms with Gasteiger partial charge in [0.2, 0.25) is 0 Å². The summed E-state index contributed by atoms with van der Waals surface area (Å²) in [5.74, 6) is 1.65. The number of likely N-dealkylation sites (N-methyl/N-ethyl adjacent to an activating group) is 1. The molecular weight excluding hydrogens is 244 g/mol. The van der Waals surface area contributed by atoms with Crippen LogP contribution in [0.5, 0.6) is 0 Å². The number of aryl methyl sites for hydroxylation is 1. The van der Waals surface area contributed by atoms with Crippen LogP contribution in [0.1, 0.15) is 28.1 Å². The van der Waals surface area contributed by atoms with Crippen LogP contribution >= 0.6 is 0 Å². The first-order valence-electron chi connectivity index (χ1n) is 6.12. The lowest BCUT2D eigenvalue weighted by atomic mass is 10.2. The van der Waals surface area contributed by atoms with E-state index in [0.717, 1.165) is 11.5 Å². The Morgan fingerprint density at radius 1 is 1.37 bits per heavy atom. The number of nitrogens with zero attached hydrogens (tertiary/aromatic N) is 1. The molecule has 0 radical (unpaired) electrons. The number of amides is 1. The summed E-state index contributed by atoms with van der Waals surface area (Å²) in [5.41, 5.74) is 0. The molecule has 0 unspecified atom stereocenters. The number of furan rings is 2. The quantitative estimate of drug-likeness (QED) is 0.897. The third-order valence-corrected chi connectivity index (χ3v) is 2.92. The third kappa shape index (κ3) is 3.26. The molecule has 2 aromatic rings. The SMILES string of the molecule is Cc1ccc(C(=O)NC[C@@H](c2ccco2)N(C)C)o1. The zero-order valence-electron chi connectivity index (χ0n) is 11.3. The van der Waals surface area contributed by atoms with Crippen LogP contribution < -0.4 is 5.32 Å². The molecule has 0 saturated carbocycles.